The van der Waals surface area contributed by atoms with Gasteiger partial charge in [0, 0.05) is 31.7 Å². The highest BCUT2D eigenvalue weighted by Gasteiger charge is 2.20. The van der Waals surface area contributed by atoms with Crippen LogP contribution in [0.25, 0.3) is 0 Å². The molecule has 0 bridgehead atoms. The maximum atomic E-state index is 8.82. The zero-order chi connectivity index (χ0) is 13.2. The normalized spacial score (nSPS) is 15.4. The molecule has 7 nitrogen and oxygen atoms in total. The molecule has 0 saturated heterocycles. The van der Waals surface area contributed by atoms with Crippen LogP contribution in [0, 0.1) is 0 Å². The van der Waals surface area contributed by atoms with Gasteiger partial charge in [0.05, 0.1) is 12.2 Å². The Labute approximate surface area is 110 Å². The van der Waals surface area contributed by atoms with E-state index in [0.29, 0.717) is 12.2 Å². The van der Waals surface area contributed by atoms with Crippen molar-refractivity contribution in [2.75, 3.05) is 11.4 Å². The Hall–Kier alpha value is -2.57. The summed E-state index contributed by atoms with van der Waals surface area (Å²) in [5.41, 5.74) is 7.01. The van der Waals surface area contributed by atoms with Crippen molar-refractivity contribution in [1.29, 1.82) is 0 Å². The lowest BCUT2D eigenvalue weighted by atomic mass is 10.2. The van der Waals surface area contributed by atoms with Crippen molar-refractivity contribution in [3.8, 4) is 0 Å². The van der Waals surface area contributed by atoms with Crippen molar-refractivity contribution in [3.63, 3.8) is 0 Å². The first-order chi connectivity index (χ1) is 9.29. The van der Waals surface area contributed by atoms with Crippen LogP contribution in [-0.2, 0) is 13.1 Å². The standard InChI is InChI=1S/C12H14N6O/c13-12(16-19)11-9(2-1-3-15-11)18-7-6-17-5-4-14-10(17)8-18/h1-5,19H,6-8H2,(H2,13,16). The number of fused-ring (bicyclic) bond motifs is 1. The molecule has 3 N–H and O–H groups in total. The fourth-order valence-electron chi connectivity index (χ4n) is 2.28. The van der Waals surface area contributed by atoms with Crippen LogP contribution in [0.5, 0.6) is 0 Å². The summed E-state index contributed by atoms with van der Waals surface area (Å²) in [5, 5.41) is 11.9. The molecule has 3 heterocycles. The topological polar surface area (TPSA) is 92.6 Å². The first-order valence-electron chi connectivity index (χ1n) is 5.97. The molecule has 7 heteroatoms. The molecule has 0 unspecified atom stereocenters. The lowest BCUT2D eigenvalue weighted by molar-refractivity contribution is 0.318. The van der Waals surface area contributed by atoms with Gasteiger partial charge in [0.2, 0.25) is 0 Å². The van der Waals surface area contributed by atoms with E-state index in [4.69, 9.17) is 10.9 Å². The van der Waals surface area contributed by atoms with Gasteiger partial charge < -0.3 is 20.4 Å². The van der Waals surface area contributed by atoms with Gasteiger partial charge in [-0.1, -0.05) is 5.16 Å². The van der Waals surface area contributed by atoms with Crippen LogP contribution >= 0.6 is 0 Å². The number of oxime groups is 1. The molecule has 0 spiro atoms. The number of aromatic nitrogens is 3. The molecule has 0 aromatic carbocycles. The van der Waals surface area contributed by atoms with E-state index in [1.54, 1.807) is 12.4 Å². The van der Waals surface area contributed by atoms with Crippen LogP contribution in [0.4, 0.5) is 5.69 Å². The maximum absolute atomic E-state index is 8.82. The molecule has 2 aromatic rings. The summed E-state index contributed by atoms with van der Waals surface area (Å²) in [6, 6.07) is 3.75. The molecule has 0 aliphatic carbocycles. The van der Waals surface area contributed by atoms with E-state index in [1.807, 2.05) is 18.3 Å². The van der Waals surface area contributed by atoms with Crippen LogP contribution in [0.3, 0.4) is 0 Å². The second-order valence-corrected chi connectivity index (χ2v) is 4.31. The summed E-state index contributed by atoms with van der Waals surface area (Å²) < 4.78 is 2.12. The predicted molar refractivity (Wildman–Crippen MR) is 70.0 cm³/mol. The van der Waals surface area contributed by atoms with E-state index in [9.17, 15) is 0 Å². The molecule has 1 aliphatic heterocycles. The second-order valence-electron chi connectivity index (χ2n) is 4.31. The summed E-state index contributed by atoms with van der Waals surface area (Å²) >= 11 is 0. The van der Waals surface area contributed by atoms with E-state index >= 15 is 0 Å². The minimum Gasteiger partial charge on any atom is -0.409 e. The first kappa shape index (κ1) is 11.5. The number of amidine groups is 1. The van der Waals surface area contributed by atoms with Crippen molar-refractivity contribution >= 4 is 11.5 Å². The van der Waals surface area contributed by atoms with Gasteiger partial charge in [-0.3, -0.25) is 4.98 Å². The van der Waals surface area contributed by atoms with Crippen LogP contribution in [-0.4, -0.2) is 32.1 Å². The highest BCUT2D eigenvalue weighted by atomic mass is 16.4. The SMILES string of the molecule is N/C(=N/O)c1ncccc1N1CCn2ccnc2C1. The molecule has 2 aromatic heterocycles. The van der Waals surface area contributed by atoms with Gasteiger partial charge in [-0.2, -0.15) is 0 Å². The molecule has 98 valence electrons. The Morgan fingerprint density at radius 2 is 2.21 bits per heavy atom. The molecule has 1 aliphatic rings. The van der Waals surface area contributed by atoms with Crippen molar-refractivity contribution < 1.29 is 5.21 Å². The van der Waals surface area contributed by atoms with Crippen LogP contribution in [0.15, 0.2) is 35.9 Å². The Kier molecular flexibility index (Phi) is 2.79. The monoisotopic (exact) mass is 258 g/mol. The number of rotatable bonds is 2. The Balaban J connectivity index is 1.96. The number of nitrogens with zero attached hydrogens (tertiary/aromatic N) is 5. The number of hydrogen-bond donors (Lipinski definition) is 2. The van der Waals surface area contributed by atoms with E-state index in [0.717, 1.165) is 24.6 Å². The fourth-order valence-corrected chi connectivity index (χ4v) is 2.28. The highest BCUT2D eigenvalue weighted by Crippen LogP contribution is 2.22. The number of imidazole rings is 1. The summed E-state index contributed by atoms with van der Waals surface area (Å²) in [5.74, 6) is 1.02. The third-order valence-electron chi connectivity index (χ3n) is 3.22. The molecular formula is C12H14N6O. The lowest BCUT2D eigenvalue weighted by Gasteiger charge is -2.30. The third-order valence-corrected chi connectivity index (χ3v) is 3.22. The molecule has 0 saturated carbocycles. The number of nitrogens with two attached hydrogens (primary N) is 1. The van der Waals surface area contributed by atoms with Crippen molar-refractivity contribution in [2.24, 2.45) is 10.9 Å². The predicted octanol–water partition coefficient (Wildman–Crippen LogP) is 0.393. The quantitative estimate of drug-likeness (QED) is 0.352. The molecule has 19 heavy (non-hydrogen) atoms. The van der Waals surface area contributed by atoms with Gasteiger partial charge in [-0.05, 0) is 12.1 Å². The summed E-state index contributed by atoms with van der Waals surface area (Å²) in [6.45, 7) is 2.38. The van der Waals surface area contributed by atoms with E-state index in [2.05, 4.69) is 24.6 Å². The van der Waals surface area contributed by atoms with Crippen molar-refractivity contribution in [3.05, 3.63) is 42.2 Å². The smallest absolute Gasteiger partial charge is 0.190 e. The average Bonchev–Trinajstić information content (AvgIpc) is 2.93. The zero-order valence-electron chi connectivity index (χ0n) is 10.3. The van der Waals surface area contributed by atoms with Crippen LogP contribution in [0.2, 0.25) is 0 Å². The minimum absolute atomic E-state index is 0.0181. The van der Waals surface area contributed by atoms with Gasteiger partial charge >= 0.3 is 0 Å². The minimum atomic E-state index is 0.0181. The highest BCUT2D eigenvalue weighted by molar-refractivity contribution is 6.00. The van der Waals surface area contributed by atoms with Crippen LogP contribution in [0.1, 0.15) is 11.5 Å². The number of hydrogen-bond acceptors (Lipinski definition) is 5. The summed E-state index contributed by atoms with van der Waals surface area (Å²) in [6.07, 6.45) is 5.40. The van der Waals surface area contributed by atoms with Gasteiger partial charge in [0.15, 0.2) is 5.84 Å². The molecule has 0 radical (unpaired) electrons. The van der Waals surface area contributed by atoms with E-state index in [1.165, 1.54) is 0 Å². The number of anilines is 1. The Bertz CT molecular complexity index is 620. The third kappa shape index (κ3) is 1.99. The molecular weight excluding hydrogens is 244 g/mol. The van der Waals surface area contributed by atoms with Crippen LogP contribution < -0.4 is 10.6 Å². The maximum Gasteiger partial charge on any atom is 0.190 e. The van der Waals surface area contributed by atoms with Gasteiger partial charge in [0.1, 0.15) is 11.5 Å². The van der Waals surface area contributed by atoms with Gasteiger partial charge in [-0.25, -0.2) is 4.98 Å². The van der Waals surface area contributed by atoms with Gasteiger partial charge in [-0.15, -0.1) is 0 Å². The molecule has 0 atom stereocenters. The summed E-state index contributed by atoms with van der Waals surface area (Å²) in [4.78, 5) is 10.6. The molecule has 3 rings (SSSR count). The number of pyridine rings is 1. The Morgan fingerprint density at radius 1 is 1.32 bits per heavy atom. The Morgan fingerprint density at radius 3 is 3.05 bits per heavy atom. The fraction of sp³-hybridized carbons (Fsp3) is 0.250. The second kappa shape index (κ2) is 4.60. The summed E-state index contributed by atoms with van der Waals surface area (Å²) in [7, 11) is 0. The average molecular weight is 258 g/mol. The molecule has 0 amide bonds. The van der Waals surface area contributed by atoms with Crippen molar-refractivity contribution in [1.82, 2.24) is 14.5 Å². The van der Waals surface area contributed by atoms with E-state index < -0.39 is 0 Å². The first-order valence-corrected chi connectivity index (χ1v) is 5.97. The lowest BCUT2D eigenvalue weighted by Crippen LogP contribution is -2.35. The van der Waals surface area contributed by atoms with E-state index in [-0.39, 0.29) is 5.84 Å². The largest absolute Gasteiger partial charge is 0.409 e. The van der Waals surface area contributed by atoms with Gasteiger partial charge in [0.25, 0.3) is 0 Å². The molecule has 0 fully saturated rings. The zero-order valence-corrected chi connectivity index (χ0v) is 10.3. The van der Waals surface area contributed by atoms with Crippen molar-refractivity contribution in [2.45, 2.75) is 13.1 Å².